The lowest BCUT2D eigenvalue weighted by molar-refractivity contribution is 0.217. The van der Waals surface area contributed by atoms with Crippen molar-refractivity contribution in [3.05, 3.63) is 35.4 Å². The highest BCUT2D eigenvalue weighted by Gasteiger charge is 2.11. The van der Waals surface area contributed by atoms with Crippen LogP contribution in [-0.2, 0) is 20.3 Å². The van der Waals surface area contributed by atoms with Gasteiger partial charge in [0, 0.05) is 7.11 Å². The first-order valence-electron chi connectivity index (χ1n) is 4.78. The lowest BCUT2D eigenvalue weighted by atomic mass is 10.2. The largest absolute Gasteiger partial charge is 0.384 e. The zero-order valence-corrected chi connectivity index (χ0v) is 9.88. The van der Waals surface area contributed by atoms with Crippen LogP contribution in [0, 0.1) is 6.92 Å². The van der Waals surface area contributed by atoms with Gasteiger partial charge in [-0.3, -0.25) is 0 Å². The fourth-order valence-corrected chi connectivity index (χ4v) is 2.49. The van der Waals surface area contributed by atoms with E-state index in [2.05, 4.69) is 0 Å². The molecule has 0 saturated carbocycles. The van der Waals surface area contributed by atoms with Gasteiger partial charge in [-0.15, -0.1) is 0 Å². The number of hydrogen-bond donors (Lipinski definition) is 0. The number of benzene rings is 1. The SMILES string of the molecule is COCCS(=O)(=O)Cc1ccc(C)cc1. The molecule has 0 aliphatic heterocycles. The molecule has 0 amide bonds. The molecule has 1 rings (SSSR count). The minimum Gasteiger partial charge on any atom is -0.384 e. The molecule has 0 saturated heterocycles. The Morgan fingerprint density at radius 1 is 1.20 bits per heavy atom. The van der Waals surface area contributed by atoms with Crippen molar-refractivity contribution in [2.45, 2.75) is 12.7 Å². The highest BCUT2D eigenvalue weighted by molar-refractivity contribution is 7.90. The van der Waals surface area contributed by atoms with Crippen LogP contribution >= 0.6 is 0 Å². The van der Waals surface area contributed by atoms with Crippen LogP contribution in [0.2, 0.25) is 0 Å². The second-order valence-corrected chi connectivity index (χ2v) is 5.75. The standard InChI is InChI=1S/C11H16O3S/c1-10-3-5-11(6-4-10)9-15(12,13)8-7-14-2/h3-6H,7-9H2,1-2H3. The molecule has 0 heterocycles. The third-order valence-electron chi connectivity index (χ3n) is 2.11. The minimum atomic E-state index is -3.03. The van der Waals surface area contributed by atoms with Gasteiger partial charge in [0.2, 0.25) is 0 Å². The van der Waals surface area contributed by atoms with Crippen LogP contribution in [0.4, 0.5) is 0 Å². The van der Waals surface area contributed by atoms with Gasteiger partial charge in [-0.25, -0.2) is 8.42 Å². The summed E-state index contributed by atoms with van der Waals surface area (Å²) in [6.45, 7) is 2.23. The molecule has 0 unspecified atom stereocenters. The van der Waals surface area contributed by atoms with Crippen molar-refractivity contribution in [1.29, 1.82) is 0 Å². The van der Waals surface area contributed by atoms with Crippen LogP contribution in [0.15, 0.2) is 24.3 Å². The summed E-state index contributed by atoms with van der Waals surface area (Å²) in [6.07, 6.45) is 0. The van der Waals surface area contributed by atoms with Gasteiger partial charge in [0.15, 0.2) is 9.84 Å². The summed E-state index contributed by atoms with van der Waals surface area (Å²) in [5.41, 5.74) is 1.96. The zero-order chi connectivity index (χ0) is 11.3. The van der Waals surface area contributed by atoms with E-state index in [9.17, 15) is 8.42 Å². The van der Waals surface area contributed by atoms with Crippen LogP contribution in [0.1, 0.15) is 11.1 Å². The van der Waals surface area contributed by atoms with Crippen molar-refractivity contribution >= 4 is 9.84 Å². The second-order valence-electron chi connectivity index (χ2n) is 3.57. The topological polar surface area (TPSA) is 43.4 Å². The Hall–Kier alpha value is -0.870. The Morgan fingerprint density at radius 2 is 1.80 bits per heavy atom. The van der Waals surface area contributed by atoms with Crippen LogP contribution in [-0.4, -0.2) is 27.9 Å². The average Bonchev–Trinajstić information content (AvgIpc) is 2.18. The maximum Gasteiger partial charge on any atom is 0.156 e. The van der Waals surface area contributed by atoms with E-state index in [1.54, 1.807) is 0 Å². The molecule has 0 bridgehead atoms. The van der Waals surface area contributed by atoms with E-state index >= 15 is 0 Å². The zero-order valence-electron chi connectivity index (χ0n) is 9.06. The van der Waals surface area contributed by atoms with Crippen molar-refractivity contribution in [3.63, 3.8) is 0 Å². The van der Waals surface area contributed by atoms with Gasteiger partial charge in [-0.05, 0) is 12.5 Å². The van der Waals surface area contributed by atoms with E-state index < -0.39 is 9.84 Å². The first kappa shape index (κ1) is 12.2. The maximum atomic E-state index is 11.6. The van der Waals surface area contributed by atoms with Crippen LogP contribution < -0.4 is 0 Å². The van der Waals surface area contributed by atoms with Gasteiger partial charge in [-0.2, -0.15) is 0 Å². The highest BCUT2D eigenvalue weighted by atomic mass is 32.2. The molecule has 0 N–H and O–H groups in total. The molecule has 0 aromatic heterocycles. The van der Waals surface area contributed by atoms with Crippen molar-refractivity contribution in [2.75, 3.05) is 19.5 Å². The Bertz CT molecular complexity index is 392. The van der Waals surface area contributed by atoms with Gasteiger partial charge in [0.25, 0.3) is 0 Å². The van der Waals surface area contributed by atoms with Gasteiger partial charge in [0.05, 0.1) is 18.1 Å². The third-order valence-corrected chi connectivity index (χ3v) is 3.67. The quantitative estimate of drug-likeness (QED) is 0.768. The van der Waals surface area contributed by atoms with E-state index in [4.69, 9.17) is 4.74 Å². The van der Waals surface area contributed by atoms with Gasteiger partial charge >= 0.3 is 0 Å². The van der Waals surface area contributed by atoms with Crippen LogP contribution in [0.25, 0.3) is 0 Å². The molecule has 1 aromatic rings. The molecule has 3 nitrogen and oxygen atoms in total. The van der Waals surface area contributed by atoms with Gasteiger partial charge < -0.3 is 4.74 Å². The molecule has 84 valence electrons. The molecule has 0 spiro atoms. The van der Waals surface area contributed by atoms with Crippen molar-refractivity contribution in [3.8, 4) is 0 Å². The lowest BCUT2D eigenvalue weighted by Gasteiger charge is -2.04. The molecule has 0 radical (unpaired) electrons. The molecular formula is C11H16O3S. The first-order valence-corrected chi connectivity index (χ1v) is 6.60. The fraction of sp³-hybridized carbons (Fsp3) is 0.455. The van der Waals surface area contributed by atoms with Crippen molar-refractivity contribution in [2.24, 2.45) is 0 Å². The summed E-state index contributed by atoms with van der Waals surface area (Å²) in [6, 6.07) is 7.53. The Balaban J connectivity index is 2.65. The van der Waals surface area contributed by atoms with E-state index in [-0.39, 0.29) is 18.1 Å². The second kappa shape index (κ2) is 5.28. The molecular weight excluding hydrogens is 212 g/mol. The smallest absolute Gasteiger partial charge is 0.156 e. The summed E-state index contributed by atoms with van der Waals surface area (Å²) in [7, 11) is -1.53. The Labute approximate surface area is 91.0 Å². The van der Waals surface area contributed by atoms with Gasteiger partial charge in [-0.1, -0.05) is 29.8 Å². The number of methoxy groups -OCH3 is 1. The first-order chi connectivity index (χ1) is 7.03. The predicted octanol–water partition coefficient (Wildman–Crippen LogP) is 1.56. The van der Waals surface area contributed by atoms with E-state index in [0.29, 0.717) is 0 Å². The summed E-state index contributed by atoms with van der Waals surface area (Å²) in [4.78, 5) is 0. The van der Waals surface area contributed by atoms with E-state index in [0.717, 1.165) is 11.1 Å². The molecule has 0 fully saturated rings. The van der Waals surface area contributed by atoms with Crippen molar-refractivity contribution < 1.29 is 13.2 Å². The van der Waals surface area contributed by atoms with Gasteiger partial charge in [0.1, 0.15) is 0 Å². The monoisotopic (exact) mass is 228 g/mol. The Kier molecular flexibility index (Phi) is 4.29. The van der Waals surface area contributed by atoms with E-state index in [1.165, 1.54) is 7.11 Å². The highest BCUT2D eigenvalue weighted by Crippen LogP contribution is 2.08. The summed E-state index contributed by atoms with van der Waals surface area (Å²) in [5.74, 6) is 0.175. The van der Waals surface area contributed by atoms with Crippen LogP contribution in [0.3, 0.4) is 0 Å². The summed E-state index contributed by atoms with van der Waals surface area (Å²) in [5, 5.41) is 0. The fourth-order valence-electron chi connectivity index (χ4n) is 1.22. The average molecular weight is 228 g/mol. The predicted molar refractivity (Wildman–Crippen MR) is 60.5 cm³/mol. The molecule has 4 heteroatoms. The van der Waals surface area contributed by atoms with Crippen molar-refractivity contribution in [1.82, 2.24) is 0 Å². The Morgan fingerprint density at radius 3 is 2.33 bits per heavy atom. The van der Waals surface area contributed by atoms with E-state index in [1.807, 2.05) is 31.2 Å². The normalized spacial score (nSPS) is 11.6. The number of sulfone groups is 1. The lowest BCUT2D eigenvalue weighted by Crippen LogP contribution is -2.13. The summed E-state index contributed by atoms with van der Waals surface area (Å²) < 4.78 is 27.9. The van der Waals surface area contributed by atoms with Crippen LogP contribution in [0.5, 0.6) is 0 Å². The molecule has 15 heavy (non-hydrogen) atoms. The molecule has 0 aliphatic rings. The third kappa shape index (κ3) is 4.44. The maximum absolute atomic E-state index is 11.6. The number of rotatable bonds is 5. The minimum absolute atomic E-state index is 0.0807. The summed E-state index contributed by atoms with van der Waals surface area (Å²) >= 11 is 0. The number of aryl methyl sites for hydroxylation is 1. The molecule has 0 aliphatic carbocycles. The number of hydrogen-bond acceptors (Lipinski definition) is 3. The number of ether oxygens (including phenoxy) is 1. The molecule has 1 aromatic carbocycles. The molecule has 0 atom stereocenters.